The van der Waals surface area contributed by atoms with E-state index in [1.807, 2.05) is 11.8 Å². The third-order valence-corrected chi connectivity index (χ3v) is 3.39. The van der Waals surface area contributed by atoms with E-state index in [0.717, 1.165) is 36.9 Å². The lowest BCUT2D eigenvalue weighted by Crippen LogP contribution is -2.07. The van der Waals surface area contributed by atoms with Gasteiger partial charge in [0.1, 0.15) is 0 Å². The first-order valence-corrected chi connectivity index (χ1v) is 6.79. The first-order chi connectivity index (χ1) is 7.61. The van der Waals surface area contributed by atoms with Crippen LogP contribution in [-0.4, -0.2) is 21.9 Å². The molecule has 0 fully saturated rings. The van der Waals surface area contributed by atoms with Gasteiger partial charge in [0, 0.05) is 11.7 Å². The summed E-state index contributed by atoms with van der Waals surface area (Å²) in [7, 11) is 0. The molecule has 1 aromatic heterocycles. The summed E-state index contributed by atoms with van der Waals surface area (Å²) in [6, 6.07) is 0. The van der Waals surface area contributed by atoms with Crippen LogP contribution in [0.1, 0.15) is 38.9 Å². The Labute approximate surface area is 101 Å². The zero-order valence-corrected chi connectivity index (χ0v) is 11.1. The average Bonchev–Trinajstić information content (AvgIpc) is 2.62. The van der Waals surface area contributed by atoms with Crippen molar-refractivity contribution in [2.24, 2.45) is 11.7 Å². The highest BCUT2D eigenvalue weighted by molar-refractivity contribution is 7.99. The van der Waals surface area contributed by atoms with Crippen LogP contribution in [0.25, 0.3) is 0 Å². The van der Waals surface area contributed by atoms with Crippen LogP contribution in [0.3, 0.4) is 0 Å². The zero-order valence-electron chi connectivity index (χ0n) is 10.3. The van der Waals surface area contributed by atoms with Crippen molar-refractivity contribution in [3.05, 3.63) is 11.7 Å². The number of thioether (sulfide) groups is 1. The predicted molar refractivity (Wildman–Crippen MR) is 67.3 cm³/mol. The molecule has 0 aliphatic heterocycles. The van der Waals surface area contributed by atoms with Gasteiger partial charge in [0.25, 0.3) is 0 Å². The van der Waals surface area contributed by atoms with E-state index < -0.39 is 0 Å². The summed E-state index contributed by atoms with van der Waals surface area (Å²) < 4.78 is 5.17. The minimum absolute atomic E-state index is 0.553. The molecule has 1 heterocycles. The second kappa shape index (κ2) is 6.91. The third kappa shape index (κ3) is 4.99. The first kappa shape index (κ1) is 13.5. The van der Waals surface area contributed by atoms with Gasteiger partial charge in [0.15, 0.2) is 5.82 Å². The van der Waals surface area contributed by atoms with Crippen molar-refractivity contribution in [2.45, 2.75) is 44.6 Å². The molecule has 0 amide bonds. The fourth-order valence-corrected chi connectivity index (χ4v) is 2.17. The van der Waals surface area contributed by atoms with Crippen molar-refractivity contribution in [3.63, 3.8) is 0 Å². The zero-order chi connectivity index (χ0) is 12.0. The van der Waals surface area contributed by atoms with Gasteiger partial charge < -0.3 is 10.3 Å². The molecular formula is C11H21N3OS. The smallest absolute Gasteiger partial charge is 0.226 e. The Morgan fingerprint density at radius 1 is 1.38 bits per heavy atom. The van der Waals surface area contributed by atoms with Crippen molar-refractivity contribution < 1.29 is 4.52 Å². The maximum Gasteiger partial charge on any atom is 0.226 e. The molecule has 2 N–H and O–H groups in total. The van der Waals surface area contributed by atoms with Crippen molar-refractivity contribution in [1.29, 1.82) is 0 Å². The van der Waals surface area contributed by atoms with Gasteiger partial charge in [-0.05, 0) is 18.9 Å². The molecule has 0 spiro atoms. The van der Waals surface area contributed by atoms with Crippen LogP contribution in [0.5, 0.6) is 0 Å². The molecule has 0 saturated carbocycles. The van der Waals surface area contributed by atoms with Gasteiger partial charge >= 0.3 is 0 Å². The number of nitrogens with two attached hydrogens (primary N) is 1. The molecular weight excluding hydrogens is 222 g/mol. The second-order valence-corrected chi connectivity index (χ2v) is 5.83. The van der Waals surface area contributed by atoms with E-state index in [-0.39, 0.29) is 0 Å². The molecule has 0 saturated heterocycles. The topological polar surface area (TPSA) is 64.9 Å². The Morgan fingerprint density at radius 2 is 2.12 bits per heavy atom. The molecule has 1 aromatic rings. The summed E-state index contributed by atoms with van der Waals surface area (Å²) in [5, 5.41) is 4.52. The number of hydrogen-bond donors (Lipinski definition) is 1. The molecule has 1 atom stereocenters. The van der Waals surface area contributed by atoms with Crippen LogP contribution in [-0.2, 0) is 12.2 Å². The summed E-state index contributed by atoms with van der Waals surface area (Å²) in [5.74, 6) is 2.90. The van der Waals surface area contributed by atoms with E-state index in [2.05, 4.69) is 30.9 Å². The van der Waals surface area contributed by atoms with Gasteiger partial charge in [0.05, 0.1) is 5.75 Å². The van der Waals surface area contributed by atoms with E-state index in [1.54, 1.807) is 0 Å². The van der Waals surface area contributed by atoms with Crippen LogP contribution in [0.4, 0.5) is 0 Å². The first-order valence-electron chi connectivity index (χ1n) is 5.75. The molecule has 5 heteroatoms. The van der Waals surface area contributed by atoms with Crippen molar-refractivity contribution in [3.8, 4) is 0 Å². The van der Waals surface area contributed by atoms with Crippen LogP contribution in [0, 0.1) is 5.92 Å². The molecule has 4 nitrogen and oxygen atoms in total. The minimum Gasteiger partial charge on any atom is -0.339 e. The fourth-order valence-electron chi connectivity index (χ4n) is 1.32. The highest BCUT2D eigenvalue weighted by Crippen LogP contribution is 2.18. The quantitative estimate of drug-likeness (QED) is 0.795. The summed E-state index contributed by atoms with van der Waals surface area (Å²) in [5.41, 5.74) is 5.49. The molecule has 0 aromatic carbocycles. The van der Waals surface area contributed by atoms with Crippen molar-refractivity contribution in [1.82, 2.24) is 10.1 Å². The Balaban J connectivity index is 2.34. The number of aromatic nitrogens is 2. The highest BCUT2D eigenvalue weighted by Gasteiger charge is 2.09. The maximum absolute atomic E-state index is 5.49. The predicted octanol–water partition coefficient (Wildman–Crippen LogP) is 2.24. The molecule has 0 aliphatic rings. The van der Waals surface area contributed by atoms with Gasteiger partial charge in [-0.2, -0.15) is 16.7 Å². The van der Waals surface area contributed by atoms with E-state index >= 15 is 0 Å². The Hall–Kier alpha value is -0.550. The number of hydrogen-bond acceptors (Lipinski definition) is 5. The van der Waals surface area contributed by atoms with Crippen LogP contribution in [0.2, 0.25) is 0 Å². The van der Waals surface area contributed by atoms with Crippen LogP contribution < -0.4 is 5.73 Å². The molecule has 0 radical (unpaired) electrons. The highest BCUT2D eigenvalue weighted by atomic mass is 32.2. The average molecular weight is 243 g/mol. The number of rotatable bonds is 7. The van der Waals surface area contributed by atoms with Crippen LogP contribution in [0.15, 0.2) is 4.52 Å². The van der Waals surface area contributed by atoms with E-state index in [1.165, 1.54) is 0 Å². The normalized spacial score (nSPS) is 13.3. The van der Waals surface area contributed by atoms with Gasteiger partial charge in [-0.25, -0.2) is 0 Å². The van der Waals surface area contributed by atoms with Crippen molar-refractivity contribution in [2.75, 3.05) is 6.54 Å². The lowest BCUT2D eigenvalue weighted by molar-refractivity contribution is 0.360. The summed E-state index contributed by atoms with van der Waals surface area (Å²) in [6.07, 6.45) is 1.89. The fraction of sp³-hybridized carbons (Fsp3) is 0.818. The molecule has 1 rings (SSSR count). The Kier molecular flexibility index (Phi) is 5.84. The van der Waals surface area contributed by atoms with E-state index in [4.69, 9.17) is 10.3 Å². The van der Waals surface area contributed by atoms with Gasteiger partial charge in [0.2, 0.25) is 5.89 Å². The summed E-state index contributed by atoms with van der Waals surface area (Å²) >= 11 is 1.82. The van der Waals surface area contributed by atoms with E-state index in [9.17, 15) is 0 Å². The molecule has 92 valence electrons. The van der Waals surface area contributed by atoms with Crippen LogP contribution >= 0.6 is 11.8 Å². The Bertz CT molecular complexity index is 301. The third-order valence-electron chi connectivity index (χ3n) is 2.16. The van der Waals surface area contributed by atoms with Crippen molar-refractivity contribution >= 4 is 11.8 Å². The second-order valence-electron chi connectivity index (χ2n) is 4.40. The summed E-state index contributed by atoms with van der Waals surface area (Å²) in [4.78, 5) is 4.35. The maximum atomic E-state index is 5.49. The molecule has 1 unspecified atom stereocenters. The largest absolute Gasteiger partial charge is 0.339 e. The van der Waals surface area contributed by atoms with E-state index in [0.29, 0.717) is 11.2 Å². The molecule has 0 bridgehead atoms. The molecule has 16 heavy (non-hydrogen) atoms. The summed E-state index contributed by atoms with van der Waals surface area (Å²) in [6.45, 7) is 7.19. The SMILES string of the molecule is CC(C)Cc1nc(CSC(C)CCN)no1. The lowest BCUT2D eigenvalue weighted by atomic mass is 10.1. The minimum atomic E-state index is 0.553. The monoisotopic (exact) mass is 243 g/mol. The van der Waals surface area contributed by atoms with Gasteiger partial charge in [-0.3, -0.25) is 0 Å². The lowest BCUT2D eigenvalue weighted by Gasteiger charge is -2.06. The number of nitrogens with zero attached hydrogens (tertiary/aromatic N) is 2. The standard InChI is InChI=1S/C11H21N3OS/c1-8(2)6-11-13-10(14-15-11)7-16-9(3)4-5-12/h8-9H,4-7,12H2,1-3H3. The van der Waals surface area contributed by atoms with Gasteiger partial charge in [-0.1, -0.05) is 25.9 Å². The van der Waals surface area contributed by atoms with Gasteiger partial charge in [-0.15, -0.1) is 0 Å². The Morgan fingerprint density at radius 3 is 2.75 bits per heavy atom. The molecule has 0 aliphatic carbocycles.